The van der Waals surface area contributed by atoms with Crippen molar-refractivity contribution < 1.29 is 24.3 Å². The predicted molar refractivity (Wildman–Crippen MR) is 47.9 cm³/mol. The molecule has 0 unspecified atom stereocenters. The van der Waals surface area contributed by atoms with Crippen LogP contribution in [0.1, 0.15) is 12.8 Å². The Morgan fingerprint density at radius 2 is 2.00 bits per heavy atom. The van der Waals surface area contributed by atoms with Gasteiger partial charge in [0, 0.05) is 0 Å². The molecule has 0 aromatic carbocycles. The second kappa shape index (κ2) is 5.79. The number of hydrogen-bond acceptors (Lipinski definition) is 4. The number of carbonyl (C=O) groups is 2. The first kappa shape index (κ1) is 13.2. The van der Waals surface area contributed by atoms with Crippen LogP contribution in [0.5, 0.6) is 0 Å². The number of carboxylic acid groups (broad SMARTS) is 1. The van der Waals surface area contributed by atoms with Crippen molar-refractivity contribution in [1.29, 1.82) is 0 Å². The zero-order chi connectivity index (χ0) is 9.84. The summed E-state index contributed by atoms with van der Waals surface area (Å²) >= 11 is 0. The molecule has 1 amide bonds. The molecule has 82 valence electrons. The third kappa shape index (κ3) is 3.13. The van der Waals surface area contributed by atoms with Crippen LogP contribution >= 0.6 is 12.4 Å². The van der Waals surface area contributed by atoms with Gasteiger partial charge in [0.15, 0.2) is 6.10 Å². The summed E-state index contributed by atoms with van der Waals surface area (Å²) in [6, 6.07) is 0. The summed E-state index contributed by atoms with van der Waals surface area (Å²) in [6.07, 6.45) is -0.808. The fourth-order valence-electron chi connectivity index (χ4n) is 1.18. The number of hydroxylamine groups is 1. The highest BCUT2D eigenvalue weighted by molar-refractivity contribution is 5.85. The molecule has 0 radical (unpaired) electrons. The quantitative estimate of drug-likeness (QED) is 0.646. The molecule has 1 aliphatic rings. The van der Waals surface area contributed by atoms with Crippen LogP contribution in [0, 0.1) is 0 Å². The van der Waals surface area contributed by atoms with Gasteiger partial charge in [0.05, 0.1) is 7.11 Å². The van der Waals surface area contributed by atoms with Gasteiger partial charge >= 0.3 is 5.97 Å². The zero-order valence-electron chi connectivity index (χ0n) is 7.56. The normalized spacial score (nSPS) is 25.2. The SMILES string of the molecule is CONC(=O)[C@H]1CC[C@@H](C(=O)O)O1.Cl. The first-order chi connectivity index (χ1) is 6.15. The summed E-state index contributed by atoms with van der Waals surface area (Å²) in [6.45, 7) is 0. The van der Waals surface area contributed by atoms with E-state index in [0.717, 1.165) is 0 Å². The van der Waals surface area contributed by atoms with E-state index in [1.165, 1.54) is 7.11 Å². The van der Waals surface area contributed by atoms with Crippen molar-refractivity contribution >= 4 is 24.3 Å². The van der Waals surface area contributed by atoms with Gasteiger partial charge in [-0.15, -0.1) is 12.4 Å². The Kier molecular flexibility index (Phi) is 5.44. The summed E-state index contributed by atoms with van der Waals surface area (Å²) in [7, 11) is 1.31. The third-order valence-electron chi connectivity index (χ3n) is 1.79. The number of halogens is 1. The smallest absolute Gasteiger partial charge is 0.332 e. The van der Waals surface area contributed by atoms with Gasteiger partial charge in [-0.1, -0.05) is 0 Å². The standard InChI is InChI=1S/C7H11NO5.ClH/c1-12-8-6(9)4-2-3-5(13-4)7(10)11;/h4-5H,2-3H2,1H3,(H,8,9)(H,10,11);1H/t4-,5+;/m1./s1. The van der Waals surface area contributed by atoms with Crippen LogP contribution in [-0.2, 0) is 19.2 Å². The second-order valence-corrected chi connectivity index (χ2v) is 2.70. The Hall–Kier alpha value is -0.850. The molecule has 7 heteroatoms. The zero-order valence-corrected chi connectivity index (χ0v) is 8.37. The lowest BCUT2D eigenvalue weighted by Crippen LogP contribution is -2.34. The Morgan fingerprint density at radius 1 is 1.43 bits per heavy atom. The van der Waals surface area contributed by atoms with Crippen LogP contribution in [0.4, 0.5) is 0 Å². The van der Waals surface area contributed by atoms with E-state index in [4.69, 9.17) is 9.84 Å². The molecule has 0 aliphatic carbocycles. The maximum atomic E-state index is 11.1. The molecule has 6 nitrogen and oxygen atoms in total. The van der Waals surface area contributed by atoms with E-state index in [1.807, 2.05) is 0 Å². The minimum absolute atomic E-state index is 0. The first-order valence-corrected chi connectivity index (χ1v) is 3.86. The minimum Gasteiger partial charge on any atom is -0.479 e. The van der Waals surface area contributed by atoms with Crippen LogP contribution in [0.3, 0.4) is 0 Å². The first-order valence-electron chi connectivity index (χ1n) is 3.86. The van der Waals surface area contributed by atoms with Crippen LogP contribution in [0.2, 0.25) is 0 Å². The molecule has 0 aromatic heterocycles. The maximum absolute atomic E-state index is 11.1. The average molecular weight is 226 g/mol. The number of aliphatic carboxylic acids is 1. The summed E-state index contributed by atoms with van der Waals surface area (Å²) < 4.78 is 4.95. The van der Waals surface area contributed by atoms with Crippen LogP contribution in [0.15, 0.2) is 0 Å². The van der Waals surface area contributed by atoms with Gasteiger partial charge in [-0.2, -0.15) is 0 Å². The number of nitrogens with one attached hydrogen (secondary N) is 1. The molecule has 1 rings (SSSR count). The molecular formula is C7H12ClNO5. The molecule has 0 spiro atoms. The van der Waals surface area contributed by atoms with E-state index in [9.17, 15) is 9.59 Å². The summed E-state index contributed by atoms with van der Waals surface area (Å²) in [4.78, 5) is 25.9. The number of ether oxygens (including phenoxy) is 1. The van der Waals surface area contributed by atoms with Crippen molar-refractivity contribution in [3.8, 4) is 0 Å². The molecule has 14 heavy (non-hydrogen) atoms. The number of rotatable bonds is 3. The second-order valence-electron chi connectivity index (χ2n) is 2.70. The van der Waals surface area contributed by atoms with E-state index >= 15 is 0 Å². The van der Waals surface area contributed by atoms with Gasteiger partial charge < -0.3 is 9.84 Å². The van der Waals surface area contributed by atoms with E-state index in [2.05, 4.69) is 10.3 Å². The highest BCUT2D eigenvalue weighted by Gasteiger charge is 2.34. The van der Waals surface area contributed by atoms with Crippen molar-refractivity contribution in [2.24, 2.45) is 0 Å². The van der Waals surface area contributed by atoms with E-state index in [-0.39, 0.29) is 12.4 Å². The van der Waals surface area contributed by atoms with E-state index in [0.29, 0.717) is 12.8 Å². The predicted octanol–water partition coefficient (Wildman–Crippen LogP) is -0.282. The van der Waals surface area contributed by atoms with Crippen LogP contribution < -0.4 is 5.48 Å². The molecule has 0 aromatic rings. The lowest BCUT2D eigenvalue weighted by molar-refractivity contribution is -0.154. The molecule has 2 N–H and O–H groups in total. The molecule has 2 atom stereocenters. The highest BCUT2D eigenvalue weighted by Crippen LogP contribution is 2.19. The number of carbonyl (C=O) groups excluding carboxylic acids is 1. The summed E-state index contributed by atoms with van der Waals surface area (Å²) in [5.74, 6) is -1.47. The number of amides is 1. The Bertz CT molecular complexity index is 222. The summed E-state index contributed by atoms with van der Waals surface area (Å²) in [5.41, 5.74) is 2.09. The number of hydrogen-bond donors (Lipinski definition) is 2. The largest absolute Gasteiger partial charge is 0.479 e. The highest BCUT2D eigenvalue weighted by atomic mass is 35.5. The molecule has 0 saturated carbocycles. The monoisotopic (exact) mass is 225 g/mol. The van der Waals surface area contributed by atoms with E-state index in [1.54, 1.807) is 0 Å². The fourth-order valence-corrected chi connectivity index (χ4v) is 1.18. The molecule has 1 heterocycles. The van der Waals surface area contributed by atoms with Gasteiger partial charge in [-0.05, 0) is 12.8 Å². The van der Waals surface area contributed by atoms with Gasteiger partial charge in [0.2, 0.25) is 0 Å². The van der Waals surface area contributed by atoms with Crippen molar-refractivity contribution in [2.75, 3.05) is 7.11 Å². The molecule has 1 saturated heterocycles. The topological polar surface area (TPSA) is 84.9 Å². The Balaban J connectivity index is 0.00000169. The van der Waals surface area contributed by atoms with Gasteiger partial charge in [-0.25, -0.2) is 10.3 Å². The van der Waals surface area contributed by atoms with Crippen molar-refractivity contribution in [2.45, 2.75) is 25.0 Å². The molecule has 1 fully saturated rings. The maximum Gasteiger partial charge on any atom is 0.332 e. The van der Waals surface area contributed by atoms with Crippen molar-refractivity contribution in [3.63, 3.8) is 0 Å². The van der Waals surface area contributed by atoms with Crippen molar-refractivity contribution in [3.05, 3.63) is 0 Å². The lowest BCUT2D eigenvalue weighted by Gasteiger charge is -2.09. The van der Waals surface area contributed by atoms with Crippen LogP contribution in [0.25, 0.3) is 0 Å². The summed E-state index contributed by atoms with van der Waals surface area (Å²) in [5, 5.41) is 8.55. The Labute approximate surface area is 86.9 Å². The van der Waals surface area contributed by atoms with E-state index < -0.39 is 24.1 Å². The fraction of sp³-hybridized carbons (Fsp3) is 0.714. The molecule has 0 bridgehead atoms. The number of carboxylic acids is 1. The molecular weight excluding hydrogens is 214 g/mol. The van der Waals surface area contributed by atoms with Gasteiger partial charge in [0.1, 0.15) is 6.10 Å². The Morgan fingerprint density at radius 3 is 2.43 bits per heavy atom. The molecule has 1 aliphatic heterocycles. The van der Waals surface area contributed by atoms with Crippen LogP contribution in [-0.4, -0.2) is 36.3 Å². The van der Waals surface area contributed by atoms with Gasteiger partial charge in [-0.3, -0.25) is 9.63 Å². The van der Waals surface area contributed by atoms with Crippen molar-refractivity contribution in [1.82, 2.24) is 5.48 Å². The lowest BCUT2D eigenvalue weighted by atomic mass is 10.2. The van der Waals surface area contributed by atoms with Gasteiger partial charge in [0.25, 0.3) is 5.91 Å². The average Bonchev–Trinajstić information content (AvgIpc) is 2.52. The minimum atomic E-state index is -1.03. The third-order valence-corrected chi connectivity index (χ3v) is 1.79.